The third-order valence-electron chi connectivity index (χ3n) is 5.99. The van der Waals surface area contributed by atoms with E-state index < -0.39 is 11.8 Å². The first-order chi connectivity index (χ1) is 15.9. The van der Waals surface area contributed by atoms with Gasteiger partial charge in [-0.2, -0.15) is 5.26 Å². The zero-order chi connectivity index (χ0) is 23.5. The number of halogens is 1. The number of aromatic nitrogens is 1. The van der Waals surface area contributed by atoms with Crippen molar-refractivity contribution in [1.82, 2.24) is 4.57 Å². The number of nitrogens with zero attached hydrogens (tertiary/aromatic N) is 2. The molecular formula is C26H25FN2O4. The largest absolute Gasteiger partial charge is 0.490 e. The third-order valence-corrected chi connectivity index (χ3v) is 5.99. The zero-order valence-electron chi connectivity index (χ0n) is 18.4. The minimum absolute atomic E-state index is 0.0153. The van der Waals surface area contributed by atoms with E-state index in [2.05, 4.69) is 6.07 Å². The Hall–Kier alpha value is -3.66. The van der Waals surface area contributed by atoms with E-state index in [1.165, 1.54) is 12.1 Å². The summed E-state index contributed by atoms with van der Waals surface area (Å²) in [4.78, 5) is 24.1. The SMILES string of the molecule is CCC(CCCC(=O)O)Oc1ccc2c(=O)n(C3CC3)c(C#N)c(-c3cccc(F)c3)c2c1. The summed E-state index contributed by atoms with van der Waals surface area (Å²) in [5, 5.41) is 19.9. The molecule has 1 atom stereocenters. The monoisotopic (exact) mass is 448 g/mol. The van der Waals surface area contributed by atoms with Crippen molar-refractivity contribution in [2.24, 2.45) is 0 Å². The molecule has 1 N–H and O–H groups in total. The van der Waals surface area contributed by atoms with Gasteiger partial charge in [0.1, 0.15) is 23.3 Å². The first kappa shape index (κ1) is 22.5. The number of aliphatic carboxylic acids is 1. The van der Waals surface area contributed by atoms with Gasteiger partial charge in [0.05, 0.1) is 6.10 Å². The van der Waals surface area contributed by atoms with Gasteiger partial charge in [-0.3, -0.25) is 14.2 Å². The van der Waals surface area contributed by atoms with E-state index in [1.54, 1.807) is 34.9 Å². The van der Waals surface area contributed by atoms with Crippen molar-refractivity contribution in [2.45, 2.75) is 57.6 Å². The highest BCUT2D eigenvalue weighted by molar-refractivity contribution is 5.99. The van der Waals surface area contributed by atoms with Crippen molar-refractivity contribution in [1.29, 1.82) is 5.26 Å². The number of fused-ring (bicyclic) bond motifs is 1. The molecule has 7 heteroatoms. The lowest BCUT2D eigenvalue weighted by Crippen LogP contribution is -2.23. The maximum atomic E-state index is 14.1. The average molecular weight is 448 g/mol. The normalized spacial score (nSPS) is 14.1. The van der Waals surface area contributed by atoms with Crippen LogP contribution in [0.25, 0.3) is 21.9 Å². The number of benzene rings is 2. The second-order valence-corrected chi connectivity index (χ2v) is 8.39. The van der Waals surface area contributed by atoms with Crippen molar-refractivity contribution < 1.29 is 19.0 Å². The van der Waals surface area contributed by atoms with Gasteiger partial charge < -0.3 is 9.84 Å². The molecule has 1 aliphatic carbocycles. The maximum absolute atomic E-state index is 14.1. The molecular weight excluding hydrogens is 423 g/mol. The Labute approximate surface area is 190 Å². The fraction of sp³-hybridized carbons (Fsp3) is 0.346. The Morgan fingerprint density at radius 3 is 2.70 bits per heavy atom. The summed E-state index contributed by atoms with van der Waals surface area (Å²) in [6.07, 6.45) is 3.35. The molecule has 1 unspecified atom stereocenters. The number of hydrogen-bond donors (Lipinski definition) is 1. The first-order valence-electron chi connectivity index (χ1n) is 11.2. The van der Waals surface area contributed by atoms with Gasteiger partial charge >= 0.3 is 5.97 Å². The predicted octanol–water partition coefficient (Wildman–Crippen LogP) is 5.43. The number of hydrogen-bond acceptors (Lipinski definition) is 4. The standard InChI is InChI=1S/C26H25FN2O4/c1-2-19(7-4-8-24(30)31)33-20-11-12-21-22(14-20)25(16-5-3-6-17(27)13-16)23(15-28)29(26(21)32)18-9-10-18/h3,5-6,11-14,18-19H,2,4,7-10H2,1H3,(H,30,31). The number of carboxylic acid groups (broad SMARTS) is 1. The lowest BCUT2D eigenvalue weighted by Gasteiger charge is -2.19. The van der Waals surface area contributed by atoms with Crippen LogP contribution in [0.2, 0.25) is 0 Å². The molecule has 2 aromatic carbocycles. The topological polar surface area (TPSA) is 92.3 Å². The molecule has 1 heterocycles. The maximum Gasteiger partial charge on any atom is 0.303 e. The molecule has 0 spiro atoms. The Morgan fingerprint density at radius 2 is 2.06 bits per heavy atom. The van der Waals surface area contributed by atoms with E-state index >= 15 is 0 Å². The number of ether oxygens (including phenoxy) is 1. The van der Waals surface area contributed by atoms with Crippen molar-refractivity contribution in [3.05, 3.63) is 64.3 Å². The Morgan fingerprint density at radius 1 is 1.27 bits per heavy atom. The van der Waals surface area contributed by atoms with E-state index in [-0.39, 0.29) is 29.8 Å². The third kappa shape index (κ3) is 4.75. The second-order valence-electron chi connectivity index (χ2n) is 8.39. The van der Waals surface area contributed by atoms with Crippen LogP contribution in [-0.4, -0.2) is 21.7 Å². The van der Waals surface area contributed by atoms with Crippen LogP contribution in [0.1, 0.15) is 57.2 Å². The van der Waals surface area contributed by atoms with Crippen LogP contribution < -0.4 is 10.3 Å². The Balaban J connectivity index is 1.84. The lowest BCUT2D eigenvalue weighted by molar-refractivity contribution is -0.137. The lowest BCUT2D eigenvalue weighted by atomic mass is 9.96. The van der Waals surface area contributed by atoms with Crippen molar-refractivity contribution in [3.63, 3.8) is 0 Å². The Bertz CT molecular complexity index is 1300. The highest BCUT2D eigenvalue weighted by atomic mass is 19.1. The van der Waals surface area contributed by atoms with Gasteiger partial charge in [0.25, 0.3) is 5.56 Å². The minimum Gasteiger partial charge on any atom is -0.490 e. The molecule has 1 aromatic heterocycles. The van der Waals surface area contributed by atoms with Gasteiger partial charge in [-0.05, 0) is 68.0 Å². The van der Waals surface area contributed by atoms with E-state index in [0.717, 1.165) is 12.8 Å². The average Bonchev–Trinajstić information content (AvgIpc) is 3.62. The van der Waals surface area contributed by atoms with Gasteiger partial charge in [-0.25, -0.2) is 4.39 Å². The van der Waals surface area contributed by atoms with Crippen LogP contribution in [-0.2, 0) is 4.79 Å². The summed E-state index contributed by atoms with van der Waals surface area (Å²) in [5.74, 6) is -0.744. The molecule has 1 aliphatic rings. The van der Waals surface area contributed by atoms with Crippen LogP contribution in [0.3, 0.4) is 0 Å². The number of carbonyl (C=O) groups is 1. The molecule has 3 aromatic rings. The molecule has 1 saturated carbocycles. The van der Waals surface area contributed by atoms with Crippen molar-refractivity contribution >= 4 is 16.7 Å². The van der Waals surface area contributed by atoms with Crippen LogP contribution in [0.4, 0.5) is 4.39 Å². The summed E-state index contributed by atoms with van der Waals surface area (Å²) < 4.78 is 21.8. The molecule has 0 amide bonds. The van der Waals surface area contributed by atoms with Crippen LogP contribution >= 0.6 is 0 Å². The van der Waals surface area contributed by atoms with Crippen LogP contribution in [0.5, 0.6) is 5.75 Å². The summed E-state index contributed by atoms with van der Waals surface area (Å²) in [6, 6.07) is 13.3. The highest BCUT2D eigenvalue weighted by Gasteiger charge is 2.30. The zero-order valence-corrected chi connectivity index (χ0v) is 18.4. The van der Waals surface area contributed by atoms with Crippen LogP contribution in [0, 0.1) is 17.1 Å². The highest BCUT2D eigenvalue weighted by Crippen LogP contribution is 2.40. The van der Waals surface area contributed by atoms with Gasteiger partial charge in [0, 0.05) is 28.8 Å². The van der Waals surface area contributed by atoms with Crippen LogP contribution in [0.15, 0.2) is 47.3 Å². The molecule has 0 bridgehead atoms. The van der Waals surface area contributed by atoms with Crippen molar-refractivity contribution in [3.8, 4) is 22.9 Å². The summed E-state index contributed by atoms with van der Waals surface area (Å²) >= 11 is 0. The fourth-order valence-corrected chi connectivity index (χ4v) is 4.22. The van der Waals surface area contributed by atoms with Crippen molar-refractivity contribution in [2.75, 3.05) is 0 Å². The van der Waals surface area contributed by atoms with Gasteiger partial charge in [-0.15, -0.1) is 0 Å². The number of pyridine rings is 1. The van der Waals surface area contributed by atoms with Gasteiger partial charge in [0.15, 0.2) is 0 Å². The van der Waals surface area contributed by atoms with E-state index in [4.69, 9.17) is 9.84 Å². The quantitative estimate of drug-likeness (QED) is 0.471. The summed E-state index contributed by atoms with van der Waals surface area (Å²) in [7, 11) is 0. The molecule has 170 valence electrons. The first-order valence-corrected chi connectivity index (χ1v) is 11.2. The molecule has 0 saturated heterocycles. The molecule has 1 fully saturated rings. The smallest absolute Gasteiger partial charge is 0.303 e. The molecule has 4 rings (SSSR count). The number of nitriles is 1. The predicted molar refractivity (Wildman–Crippen MR) is 123 cm³/mol. The van der Waals surface area contributed by atoms with E-state index in [0.29, 0.717) is 46.9 Å². The van der Waals surface area contributed by atoms with Gasteiger partial charge in [0.2, 0.25) is 0 Å². The number of carboxylic acids is 1. The molecule has 0 aliphatic heterocycles. The molecule has 0 radical (unpaired) electrons. The fourth-order valence-electron chi connectivity index (χ4n) is 4.22. The minimum atomic E-state index is -0.841. The Kier molecular flexibility index (Phi) is 6.45. The molecule has 33 heavy (non-hydrogen) atoms. The summed E-state index contributed by atoms with van der Waals surface area (Å²) in [5.41, 5.74) is 1.04. The van der Waals surface area contributed by atoms with E-state index in [1.807, 2.05) is 6.92 Å². The molecule has 6 nitrogen and oxygen atoms in total. The van der Waals surface area contributed by atoms with Gasteiger partial charge in [-0.1, -0.05) is 19.1 Å². The number of rotatable bonds is 9. The second kappa shape index (κ2) is 9.45. The summed E-state index contributed by atoms with van der Waals surface area (Å²) in [6.45, 7) is 1.97. The van der Waals surface area contributed by atoms with E-state index in [9.17, 15) is 19.2 Å².